The molecule has 1 aromatic rings. The number of hydrogen-bond acceptors (Lipinski definition) is 2. The van der Waals surface area contributed by atoms with E-state index in [0.29, 0.717) is 0 Å². The Bertz CT molecular complexity index is 404. The number of hydrogen-bond donors (Lipinski definition) is 1. The van der Waals surface area contributed by atoms with E-state index >= 15 is 0 Å². The Hall–Kier alpha value is -1.78. The number of ketones is 1. The Balaban J connectivity index is 3.26. The zero-order valence-electron chi connectivity index (χ0n) is 7.88. The van der Waals surface area contributed by atoms with Crippen LogP contribution in [0.2, 0.25) is 0 Å². The summed E-state index contributed by atoms with van der Waals surface area (Å²) in [5.41, 5.74) is -0.214. The summed E-state index contributed by atoms with van der Waals surface area (Å²) in [6.07, 6.45) is 0. The Morgan fingerprint density at radius 3 is 2.40 bits per heavy atom. The highest BCUT2D eigenvalue weighted by atomic mass is 19.1. The van der Waals surface area contributed by atoms with Crippen molar-refractivity contribution in [3.8, 4) is 0 Å². The molecule has 0 saturated heterocycles. The Kier molecular flexibility index (Phi) is 3.14. The normalized spacial score (nSPS) is 10.1. The van der Waals surface area contributed by atoms with E-state index in [2.05, 4.69) is 0 Å². The topological polar surface area (TPSA) is 54.4 Å². The van der Waals surface area contributed by atoms with Crippen LogP contribution in [0, 0.1) is 12.7 Å². The number of Topliss-reactive ketones (excluding diaryl/α,β-unsaturated/α-hetero) is 1. The minimum absolute atomic E-state index is 0.156. The Labute approximate surface area is 84.3 Å². The zero-order valence-corrected chi connectivity index (χ0v) is 7.88. The number of aliphatic carboxylic acids is 1. The van der Waals surface area contributed by atoms with Gasteiger partial charge in [0.1, 0.15) is 12.5 Å². The van der Waals surface area contributed by atoms with Crippen molar-refractivity contribution in [2.24, 2.45) is 0 Å². The van der Waals surface area contributed by atoms with E-state index in [1.54, 1.807) is 0 Å². The van der Waals surface area contributed by atoms with Gasteiger partial charge < -0.3 is 5.11 Å². The van der Waals surface area contributed by atoms with Crippen molar-refractivity contribution < 1.29 is 23.5 Å². The van der Waals surface area contributed by atoms with Gasteiger partial charge in [-0.3, -0.25) is 4.79 Å². The fourth-order valence-electron chi connectivity index (χ4n) is 1.20. The van der Waals surface area contributed by atoms with Crippen molar-refractivity contribution >= 4 is 11.8 Å². The monoisotopic (exact) mass is 214 g/mol. The number of aryl methyl sites for hydroxylation is 1. The van der Waals surface area contributed by atoms with Crippen LogP contribution >= 0.6 is 0 Å². The van der Waals surface area contributed by atoms with Crippen LogP contribution in [0.1, 0.15) is 21.5 Å². The molecule has 0 aliphatic rings. The van der Waals surface area contributed by atoms with Gasteiger partial charge >= 0.3 is 5.97 Å². The first kappa shape index (κ1) is 11.3. The van der Waals surface area contributed by atoms with E-state index in [1.165, 1.54) is 6.92 Å². The third kappa shape index (κ3) is 2.18. The minimum Gasteiger partial charge on any atom is -0.475 e. The molecule has 0 radical (unpaired) electrons. The van der Waals surface area contributed by atoms with Gasteiger partial charge in [0.25, 0.3) is 5.78 Å². The van der Waals surface area contributed by atoms with Gasteiger partial charge in [-0.25, -0.2) is 13.6 Å². The third-order valence-electron chi connectivity index (χ3n) is 2.01. The zero-order chi connectivity index (χ0) is 11.6. The van der Waals surface area contributed by atoms with Crippen LogP contribution in [0.3, 0.4) is 0 Å². The van der Waals surface area contributed by atoms with Gasteiger partial charge in [-0.05, 0) is 24.6 Å². The highest BCUT2D eigenvalue weighted by Crippen LogP contribution is 2.17. The predicted molar refractivity (Wildman–Crippen MR) is 47.9 cm³/mol. The van der Waals surface area contributed by atoms with Gasteiger partial charge in [0.15, 0.2) is 0 Å². The van der Waals surface area contributed by atoms with Crippen LogP contribution < -0.4 is 0 Å². The summed E-state index contributed by atoms with van der Waals surface area (Å²) in [7, 11) is 0. The summed E-state index contributed by atoms with van der Waals surface area (Å²) in [6, 6.07) is 1.90. The molecule has 5 heteroatoms. The molecule has 0 saturated carbocycles. The summed E-state index contributed by atoms with van der Waals surface area (Å²) in [5.74, 6) is -3.77. The second-order valence-electron chi connectivity index (χ2n) is 3.02. The molecule has 0 bridgehead atoms. The van der Waals surface area contributed by atoms with Crippen LogP contribution in [-0.2, 0) is 11.5 Å². The first-order valence-corrected chi connectivity index (χ1v) is 4.10. The fourth-order valence-corrected chi connectivity index (χ4v) is 1.20. The molecule has 1 N–H and O–H groups in total. The van der Waals surface area contributed by atoms with Crippen LogP contribution in [0.15, 0.2) is 12.1 Å². The molecular weight excluding hydrogens is 206 g/mol. The van der Waals surface area contributed by atoms with E-state index < -0.39 is 24.2 Å². The maximum Gasteiger partial charge on any atom is 0.377 e. The molecule has 0 aromatic heterocycles. The molecule has 0 aliphatic carbocycles. The SMILES string of the molecule is Cc1cc(C(=O)C(=O)O)cc(F)c1CF. The lowest BCUT2D eigenvalue weighted by Crippen LogP contribution is -2.13. The van der Waals surface area contributed by atoms with E-state index in [4.69, 9.17) is 5.11 Å². The van der Waals surface area contributed by atoms with Gasteiger partial charge in [0.05, 0.1) is 0 Å². The van der Waals surface area contributed by atoms with E-state index in [1.807, 2.05) is 0 Å². The molecule has 80 valence electrons. The maximum absolute atomic E-state index is 13.1. The molecule has 0 aliphatic heterocycles. The number of carbonyl (C=O) groups is 2. The first-order chi connectivity index (χ1) is 6.97. The molecule has 15 heavy (non-hydrogen) atoms. The average molecular weight is 214 g/mol. The van der Waals surface area contributed by atoms with Crippen molar-refractivity contribution in [3.63, 3.8) is 0 Å². The molecule has 1 rings (SSSR count). The Morgan fingerprint density at radius 2 is 2.00 bits per heavy atom. The lowest BCUT2D eigenvalue weighted by Gasteiger charge is -2.05. The lowest BCUT2D eigenvalue weighted by molar-refractivity contribution is -0.131. The average Bonchev–Trinajstić information content (AvgIpc) is 2.15. The fraction of sp³-hybridized carbons (Fsp3) is 0.200. The molecule has 0 amide bonds. The molecule has 0 heterocycles. The van der Waals surface area contributed by atoms with Crippen LogP contribution in [0.5, 0.6) is 0 Å². The summed E-state index contributed by atoms with van der Waals surface area (Å²) in [6.45, 7) is 0.426. The molecule has 0 fully saturated rings. The number of carboxylic acid groups (broad SMARTS) is 1. The van der Waals surface area contributed by atoms with Crippen molar-refractivity contribution in [1.29, 1.82) is 0 Å². The number of benzene rings is 1. The summed E-state index contributed by atoms with van der Waals surface area (Å²) < 4.78 is 25.4. The smallest absolute Gasteiger partial charge is 0.377 e. The number of carbonyl (C=O) groups excluding carboxylic acids is 1. The second-order valence-corrected chi connectivity index (χ2v) is 3.02. The van der Waals surface area contributed by atoms with Crippen molar-refractivity contribution in [3.05, 3.63) is 34.6 Å². The lowest BCUT2D eigenvalue weighted by atomic mass is 10.0. The van der Waals surface area contributed by atoms with E-state index in [-0.39, 0.29) is 16.7 Å². The largest absolute Gasteiger partial charge is 0.475 e. The van der Waals surface area contributed by atoms with E-state index in [9.17, 15) is 18.4 Å². The molecule has 0 spiro atoms. The van der Waals surface area contributed by atoms with Gasteiger partial charge in [-0.2, -0.15) is 0 Å². The predicted octanol–water partition coefficient (Wildman–Crippen LogP) is 1.87. The van der Waals surface area contributed by atoms with Crippen LogP contribution in [0.25, 0.3) is 0 Å². The van der Waals surface area contributed by atoms with Crippen LogP contribution in [0.4, 0.5) is 8.78 Å². The van der Waals surface area contributed by atoms with Gasteiger partial charge in [-0.15, -0.1) is 0 Å². The first-order valence-electron chi connectivity index (χ1n) is 4.10. The summed E-state index contributed by atoms with van der Waals surface area (Å²) in [5, 5.41) is 8.40. The summed E-state index contributed by atoms with van der Waals surface area (Å²) >= 11 is 0. The van der Waals surface area contributed by atoms with Gasteiger partial charge in [0.2, 0.25) is 0 Å². The number of halogens is 2. The third-order valence-corrected chi connectivity index (χ3v) is 2.01. The highest BCUT2D eigenvalue weighted by molar-refractivity contribution is 6.39. The van der Waals surface area contributed by atoms with Crippen LogP contribution in [-0.4, -0.2) is 16.9 Å². The molecule has 1 aromatic carbocycles. The van der Waals surface area contributed by atoms with Crippen molar-refractivity contribution in [2.75, 3.05) is 0 Å². The van der Waals surface area contributed by atoms with E-state index in [0.717, 1.165) is 12.1 Å². The second kappa shape index (κ2) is 4.16. The van der Waals surface area contributed by atoms with Gasteiger partial charge in [-0.1, -0.05) is 0 Å². The molecule has 0 atom stereocenters. The number of carboxylic acids is 1. The highest BCUT2D eigenvalue weighted by Gasteiger charge is 2.17. The maximum atomic E-state index is 13.1. The minimum atomic E-state index is -1.67. The standard InChI is InChI=1S/C10H8F2O3/c1-5-2-6(9(13)10(14)15)3-8(12)7(5)4-11/h2-3H,4H2,1H3,(H,14,15). The van der Waals surface area contributed by atoms with Gasteiger partial charge in [0, 0.05) is 11.1 Å². The molecular formula is C10H8F2O3. The number of rotatable bonds is 3. The van der Waals surface area contributed by atoms with Crippen molar-refractivity contribution in [1.82, 2.24) is 0 Å². The molecule has 0 unspecified atom stereocenters. The van der Waals surface area contributed by atoms with Crippen molar-refractivity contribution in [2.45, 2.75) is 13.6 Å². The quantitative estimate of drug-likeness (QED) is 0.617. The molecule has 3 nitrogen and oxygen atoms in total. The Morgan fingerprint density at radius 1 is 1.40 bits per heavy atom. The summed E-state index contributed by atoms with van der Waals surface area (Å²) in [4.78, 5) is 21.3. The number of alkyl halides is 1.